The minimum absolute atomic E-state index is 0.0657. The van der Waals surface area contributed by atoms with Gasteiger partial charge in [-0.05, 0) is 24.3 Å². The summed E-state index contributed by atoms with van der Waals surface area (Å²) in [6.45, 7) is 3.75. The van der Waals surface area contributed by atoms with E-state index in [1.54, 1.807) is 0 Å². The summed E-state index contributed by atoms with van der Waals surface area (Å²) in [7, 11) is 0. The van der Waals surface area contributed by atoms with Gasteiger partial charge in [0.15, 0.2) is 0 Å². The minimum atomic E-state index is -0.921. The van der Waals surface area contributed by atoms with E-state index in [0.717, 1.165) is 4.88 Å². The molecule has 0 aromatic carbocycles. The van der Waals surface area contributed by atoms with Crippen molar-refractivity contribution in [3.8, 4) is 10.8 Å². The fourth-order valence-corrected chi connectivity index (χ4v) is 3.07. The molecule has 2 heterocycles. The Hall–Kier alpha value is -2.15. The smallest absolute Gasteiger partial charge is 0.305 e. The lowest BCUT2D eigenvalue weighted by Gasteiger charge is -2.31. The molecule has 7 heteroatoms. The van der Waals surface area contributed by atoms with Crippen molar-refractivity contribution in [3.63, 3.8) is 0 Å². The summed E-state index contributed by atoms with van der Waals surface area (Å²) in [6.07, 6.45) is 2.55. The lowest BCUT2D eigenvalue weighted by atomic mass is 9.88. The number of oxazole rings is 1. The molecule has 0 aliphatic carbocycles. The van der Waals surface area contributed by atoms with Crippen LogP contribution in [0.25, 0.3) is 10.8 Å². The topological polar surface area (TPSA) is 92.4 Å². The molecule has 23 heavy (non-hydrogen) atoms. The molecule has 0 radical (unpaired) electrons. The molecule has 0 unspecified atom stereocenters. The zero-order valence-corrected chi connectivity index (χ0v) is 14.0. The molecule has 2 N–H and O–H groups in total. The fourth-order valence-electron chi connectivity index (χ4n) is 2.42. The number of amides is 1. The van der Waals surface area contributed by atoms with Crippen molar-refractivity contribution in [2.24, 2.45) is 0 Å². The van der Waals surface area contributed by atoms with Crippen LogP contribution in [0.1, 0.15) is 38.8 Å². The summed E-state index contributed by atoms with van der Waals surface area (Å²) in [5, 5.41) is 13.8. The standard InChI is InChI=1S/C16H20N2O4S/c1-3-16(4-2,9-14(20)21)18-13(19)8-11-10-22-15(17-11)12-6-5-7-23-12/h5-7,10H,3-4,8-9H2,1-2H3,(H,18,19)(H,20,21). The summed E-state index contributed by atoms with van der Waals surface area (Å²) in [5.41, 5.74) is -0.189. The third-order valence-electron chi connectivity index (χ3n) is 3.87. The number of hydrogen-bond donors (Lipinski definition) is 2. The first-order valence-electron chi connectivity index (χ1n) is 7.49. The van der Waals surface area contributed by atoms with Crippen molar-refractivity contribution in [2.75, 3.05) is 0 Å². The highest BCUT2D eigenvalue weighted by Gasteiger charge is 2.31. The Bertz CT molecular complexity index is 659. The van der Waals surface area contributed by atoms with Gasteiger partial charge < -0.3 is 14.8 Å². The highest BCUT2D eigenvalue weighted by atomic mass is 32.1. The monoisotopic (exact) mass is 336 g/mol. The maximum Gasteiger partial charge on any atom is 0.305 e. The van der Waals surface area contributed by atoms with E-state index in [2.05, 4.69) is 10.3 Å². The molecule has 0 spiro atoms. The second-order valence-electron chi connectivity index (χ2n) is 5.40. The fraction of sp³-hybridized carbons (Fsp3) is 0.438. The Morgan fingerprint density at radius 1 is 1.39 bits per heavy atom. The molecule has 124 valence electrons. The molecule has 0 saturated carbocycles. The van der Waals surface area contributed by atoms with Gasteiger partial charge in [0.05, 0.1) is 23.4 Å². The van der Waals surface area contributed by atoms with E-state index in [1.165, 1.54) is 17.6 Å². The van der Waals surface area contributed by atoms with Gasteiger partial charge in [-0.2, -0.15) is 0 Å². The van der Waals surface area contributed by atoms with Crippen molar-refractivity contribution in [1.82, 2.24) is 10.3 Å². The van der Waals surface area contributed by atoms with Crippen LogP contribution in [0.4, 0.5) is 0 Å². The van der Waals surface area contributed by atoms with Gasteiger partial charge in [-0.25, -0.2) is 4.98 Å². The summed E-state index contributed by atoms with van der Waals surface area (Å²) in [4.78, 5) is 28.5. The summed E-state index contributed by atoms with van der Waals surface area (Å²) in [6, 6.07) is 3.80. The molecule has 0 aliphatic heterocycles. The van der Waals surface area contributed by atoms with Crippen LogP contribution in [0.15, 0.2) is 28.2 Å². The second-order valence-corrected chi connectivity index (χ2v) is 6.35. The number of carboxylic acids is 1. The minimum Gasteiger partial charge on any atom is -0.481 e. The van der Waals surface area contributed by atoms with Crippen molar-refractivity contribution in [3.05, 3.63) is 29.5 Å². The molecule has 6 nitrogen and oxygen atoms in total. The maximum absolute atomic E-state index is 12.2. The zero-order valence-electron chi connectivity index (χ0n) is 13.2. The average molecular weight is 336 g/mol. The zero-order chi connectivity index (χ0) is 16.9. The molecule has 1 amide bonds. The van der Waals surface area contributed by atoms with E-state index in [1.807, 2.05) is 31.4 Å². The highest BCUT2D eigenvalue weighted by molar-refractivity contribution is 7.13. The Morgan fingerprint density at radius 2 is 2.13 bits per heavy atom. The van der Waals surface area contributed by atoms with Crippen molar-refractivity contribution >= 4 is 23.2 Å². The summed E-state index contributed by atoms with van der Waals surface area (Å²) >= 11 is 1.51. The molecule has 2 aromatic rings. The van der Waals surface area contributed by atoms with Gasteiger partial charge in [0.25, 0.3) is 0 Å². The van der Waals surface area contributed by atoms with Crippen molar-refractivity contribution in [1.29, 1.82) is 0 Å². The number of nitrogens with one attached hydrogen (secondary N) is 1. The maximum atomic E-state index is 12.2. The largest absolute Gasteiger partial charge is 0.481 e. The molecule has 0 aliphatic rings. The van der Waals surface area contributed by atoms with E-state index in [0.29, 0.717) is 24.4 Å². The number of nitrogens with zero attached hydrogens (tertiary/aromatic N) is 1. The van der Waals surface area contributed by atoms with E-state index in [4.69, 9.17) is 9.52 Å². The Kier molecular flexibility index (Phi) is 5.54. The lowest BCUT2D eigenvalue weighted by molar-refractivity contribution is -0.139. The van der Waals surface area contributed by atoms with Crippen LogP contribution >= 0.6 is 11.3 Å². The second kappa shape index (κ2) is 7.41. The number of carbonyl (C=O) groups is 2. The van der Waals surface area contributed by atoms with Gasteiger partial charge in [-0.3, -0.25) is 9.59 Å². The lowest BCUT2D eigenvalue weighted by Crippen LogP contribution is -2.49. The normalized spacial score (nSPS) is 11.4. The molecule has 2 rings (SSSR count). The van der Waals surface area contributed by atoms with Crippen molar-refractivity contribution < 1.29 is 19.1 Å². The quantitative estimate of drug-likeness (QED) is 0.773. The number of thiophene rings is 1. The van der Waals surface area contributed by atoms with Gasteiger partial charge in [0, 0.05) is 5.54 Å². The molecule has 2 aromatic heterocycles. The van der Waals surface area contributed by atoms with Gasteiger partial charge in [-0.1, -0.05) is 19.9 Å². The van der Waals surface area contributed by atoms with Crippen LogP contribution in [-0.4, -0.2) is 27.5 Å². The highest BCUT2D eigenvalue weighted by Crippen LogP contribution is 2.24. The van der Waals surface area contributed by atoms with Gasteiger partial charge >= 0.3 is 5.97 Å². The van der Waals surface area contributed by atoms with Crippen LogP contribution in [0.2, 0.25) is 0 Å². The SMILES string of the molecule is CCC(CC)(CC(=O)O)NC(=O)Cc1coc(-c2cccs2)n1. The number of rotatable bonds is 8. The Morgan fingerprint density at radius 3 is 2.70 bits per heavy atom. The Labute approximate surface area is 138 Å². The van der Waals surface area contributed by atoms with Crippen LogP contribution in [0.5, 0.6) is 0 Å². The number of aromatic nitrogens is 1. The first-order chi connectivity index (χ1) is 11.0. The van der Waals surface area contributed by atoms with Gasteiger partial charge in [0.1, 0.15) is 6.26 Å². The summed E-state index contributed by atoms with van der Waals surface area (Å²) < 4.78 is 5.38. The van der Waals surface area contributed by atoms with E-state index >= 15 is 0 Å². The molecular formula is C16H20N2O4S. The third-order valence-corrected chi connectivity index (χ3v) is 4.73. The third kappa shape index (κ3) is 4.41. The molecule has 0 saturated heterocycles. The Balaban J connectivity index is 2.02. The predicted octanol–water partition coefficient (Wildman–Crippen LogP) is 3.10. The number of aliphatic carboxylic acids is 1. The van der Waals surface area contributed by atoms with Crippen LogP contribution in [0.3, 0.4) is 0 Å². The number of carboxylic acid groups (broad SMARTS) is 1. The van der Waals surface area contributed by atoms with Gasteiger partial charge in [-0.15, -0.1) is 11.3 Å². The molecular weight excluding hydrogens is 316 g/mol. The first kappa shape index (κ1) is 17.2. The van der Waals surface area contributed by atoms with Crippen LogP contribution in [-0.2, 0) is 16.0 Å². The van der Waals surface area contributed by atoms with Crippen LogP contribution < -0.4 is 5.32 Å². The van der Waals surface area contributed by atoms with Crippen molar-refractivity contribution in [2.45, 2.75) is 45.1 Å². The van der Waals surface area contributed by atoms with Crippen LogP contribution in [0, 0.1) is 0 Å². The number of hydrogen-bond acceptors (Lipinski definition) is 5. The van der Waals surface area contributed by atoms with E-state index in [-0.39, 0.29) is 18.7 Å². The van der Waals surface area contributed by atoms with Gasteiger partial charge in [0.2, 0.25) is 11.8 Å². The first-order valence-corrected chi connectivity index (χ1v) is 8.37. The summed E-state index contributed by atoms with van der Waals surface area (Å²) in [5.74, 6) is -0.679. The number of carbonyl (C=O) groups excluding carboxylic acids is 1. The van der Waals surface area contributed by atoms with E-state index in [9.17, 15) is 9.59 Å². The molecule has 0 bridgehead atoms. The van der Waals surface area contributed by atoms with E-state index < -0.39 is 11.5 Å². The average Bonchev–Trinajstić information content (AvgIpc) is 3.16. The molecule has 0 fully saturated rings. The molecule has 0 atom stereocenters. The predicted molar refractivity (Wildman–Crippen MR) is 87.2 cm³/mol.